The van der Waals surface area contributed by atoms with E-state index in [1.165, 1.54) is 12.1 Å². The highest BCUT2D eigenvalue weighted by atomic mass is 127. The molecule has 33 heavy (non-hydrogen) atoms. The molecule has 174 valence electrons. The number of rotatable bonds is 7. The van der Waals surface area contributed by atoms with Crippen LogP contribution in [0.25, 0.3) is 0 Å². The van der Waals surface area contributed by atoms with Crippen molar-refractivity contribution in [3.05, 3.63) is 91.0 Å². The van der Waals surface area contributed by atoms with Crippen molar-refractivity contribution < 1.29 is 22.0 Å². The lowest BCUT2D eigenvalue weighted by molar-refractivity contribution is 0.0952. The van der Waals surface area contributed by atoms with Gasteiger partial charge in [0.2, 0.25) is 0 Å². The molecule has 3 rings (SSSR count). The third-order valence-electron chi connectivity index (χ3n) is 4.74. The van der Waals surface area contributed by atoms with Crippen LogP contribution in [0.4, 0.5) is 14.5 Å². The minimum Gasteiger partial charge on any atom is -0.351 e. The molecule has 0 fully saturated rings. The Kier molecular flexibility index (Phi) is 8.20. The van der Waals surface area contributed by atoms with Crippen molar-refractivity contribution in [2.45, 2.75) is 17.7 Å². The van der Waals surface area contributed by atoms with Crippen LogP contribution in [-0.2, 0) is 10.0 Å². The summed E-state index contributed by atoms with van der Waals surface area (Å²) in [5, 5.41) is 3.55. The quantitative estimate of drug-likeness (QED) is 0.307. The minimum absolute atomic E-state index is 0.00271. The van der Waals surface area contributed by atoms with Crippen molar-refractivity contribution in [3.8, 4) is 0 Å². The van der Waals surface area contributed by atoms with Gasteiger partial charge in [-0.2, -0.15) is 0 Å². The number of anilines is 1. The Labute approximate surface area is 213 Å². The first-order valence-corrected chi connectivity index (χ1v) is 12.8. The topological polar surface area (TPSA) is 75.3 Å². The molecular weight excluding hydrogens is 608 g/mol. The molecule has 0 spiro atoms. The Morgan fingerprint density at radius 3 is 2.33 bits per heavy atom. The molecule has 1 amide bonds. The molecule has 5 nitrogen and oxygen atoms in total. The Morgan fingerprint density at radius 2 is 1.70 bits per heavy atom. The first kappa shape index (κ1) is 25.7. The molecule has 1 atom stereocenters. The summed E-state index contributed by atoms with van der Waals surface area (Å²) in [7, 11) is -4.64. The number of halogens is 5. The van der Waals surface area contributed by atoms with E-state index in [9.17, 15) is 22.0 Å². The Hall–Kier alpha value is -1.95. The van der Waals surface area contributed by atoms with Crippen LogP contribution in [0.3, 0.4) is 0 Å². The van der Waals surface area contributed by atoms with Gasteiger partial charge in [0.25, 0.3) is 15.9 Å². The number of carbonyl (C=O) groups excluding carboxylic acids is 1. The zero-order valence-electron chi connectivity index (χ0n) is 17.0. The molecule has 0 heterocycles. The number of amides is 1. The highest BCUT2D eigenvalue weighted by Crippen LogP contribution is 2.27. The van der Waals surface area contributed by atoms with Gasteiger partial charge < -0.3 is 5.32 Å². The molecule has 0 bridgehead atoms. The van der Waals surface area contributed by atoms with Crippen LogP contribution in [0.1, 0.15) is 28.8 Å². The maximum Gasteiger partial charge on any atom is 0.267 e. The second-order valence-electron chi connectivity index (χ2n) is 7.13. The normalized spacial score (nSPS) is 12.3. The Morgan fingerprint density at radius 1 is 1.03 bits per heavy atom. The van der Waals surface area contributed by atoms with Gasteiger partial charge in [0.05, 0.1) is 21.3 Å². The summed E-state index contributed by atoms with van der Waals surface area (Å²) in [5.41, 5.74) is 0.740. The van der Waals surface area contributed by atoms with Crippen LogP contribution in [0.15, 0.2) is 59.5 Å². The summed E-state index contributed by atoms with van der Waals surface area (Å²) in [5.74, 6) is -3.17. The Balaban J connectivity index is 1.83. The smallest absolute Gasteiger partial charge is 0.267 e. The van der Waals surface area contributed by atoms with Crippen LogP contribution in [-0.4, -0.2) is 20.9 Å². The first-order valence-electron chi connectivity index (χ1n) is 9.49. The van der Waals surface area contributed by atoms with E-state index in [0.717, 1.165) is 23.8 Å². The van der Waals surface area contributed by atoms with Gasteiger partial charge in [-0.05, 0) is 76.5 Å². The molecule has 0 saturated heterocycles. The van der Waals surface area contributed by atoms with Gasteiger partial charge in [-0.1, -0.05) is 42.3 Å². The van der Waals surface area contributed by atoms with Crippen molar-refractivity contribution in [2.24, 2.45) is 0 Å². The number of benzene rings is 3. The molecule has 0 radical (unpaired) electrons. The molecule has 2 N–H and O–H groups in total. The second kappa shape index (κ2) is 10.5. The standard InChI is InChI=1S/C22H17Cl2F2IN2O3S/c1-12(13-5-8-16(23)17(24)9-13)11-28-22(30)15-7-6-14(27)10-20(15)29-33(31,32)21-18(25)3-2-4-19(21)26/h2-10,12,29H,11H2,1H3,(H,28,30). The largest absolute Gasteiger partial charge is 0.351 e. The van der Waals surface area contributed by atoms with Gasteiger partial charge in [0, 0.05) is 10.1 Å². The summed E-state index contributed by atoms with van der Waals surface area (Å²) in [6, 6.07) is 12.3. The summed E-state index contributed by atoms with van der Waals surface area (Å²) in [6.45, 7) is 2.09. The van der Waals surface area contributed by atoms with E-state index in [2.05, 4.69) is 10.0 Å². The lowest BCUT2D eigenvalue weighted by Gasteiger charge is -2.16. The summed E-state index contributed by atoms with van der Waals surface area (Å²) >= 11 is 13.9. The van der Waals surface area contributed by atoms with Gasteiger partial charge in [-0.25, -0.2) is 17.2 Å². The SMILES string of the molecule is CC(CNC(=O)c1ccc(I)cc1NS(=O)(=O)c1c(F)cccc1F)c1ccc(Cl)c(Cl)c1. The van der Waals surface area contributed by atoms with E-state index >= 15 is 0 Å². The van der Waals surface area contributed by atoms with Crippen molar-refractivity contribution >= 4 is 67.4 Å². The molecule has 3 aromatic carbocycles. The predicted molar refractivity (Wildman–Crippen MR) is 134 cm³/mol. The molecule has 3 aromatic rings. The van der Waals surface area contributed by atoms with E-state index in [4.69, 9.17) is 23.2 Å². The van der Waals surface area contributed by atoms with E-state index in [1.54, 1.807) is 24.3 Å². The summed E-state index contributed by atoms with van der Waals surface area (Å²) < 4.78 is 56.2. The average Bonchev–Trinajstić information content (AvgIpc) is 2.73. The van der Waals surface area contributed by atoms with Crippen LogP contribution >= 0.6 is 45.8 Å². The van der Waals surface area contributed by atoms with E-state index in [1.807, 2.05) is 29.5 Å². The second-order valence-corrected chi connectivity index (χ2v) is 10.8. The fourth-order valence-electron chi connectivity index (χ4n) is 3.01. The molecular formula is C22H17Cl2F2IN2O3S. The number of hydrogen-bond donors (Lipinski definition) is 2. The van der Waals surface area contributed by atoms with Gasteiger partial charge in [0.15, 0.2) is 4.90 Å². The van der Waals surface area contributed by atoms with Crippen molar-refractivity contribution in [3.63, 3.8) is 0 Å². The first-order chi connectivity index (χ1) is 15.5. The fraction of sp³-hybridized carbons (Fsp3) is 0.136. The average molecular weight is 625 g/mol. The van der Waals surface area contributed by atoms with Gasteiger partial charge in [-0.15, -0.1) is 0 Å². The van der Waals surface area contributed by atoms with E-state index in [-0.39, 0.29) is 23.7 Å². The number of hydrogen-bond acceptors (Lipinski definition) is 3. The molecule has 0 saturated carbocycles. The number of nitrogens with one attached hydrogen (secondary N) is 2. The fourth-order valence-corrected chi connectivity index (χ4v) is 5.02. The summed E-state index contributed by atoms with van der Waals surface area (Å²) in [4.78, 5) is 11.7. The monoisotopic (exact) mass is 624 g/mol. The number of carbonyl (C=O) groups is 1. The van der Waals surface area contributed by atoms with Crippen LogP contribution in [0.5, 0.6) is 0 Å². The van der Waals surface area contributed by atoms with Crippen LogP contribution in [0.2, 0.25) is 10.0 Å². The van der Waals surface area contributed by atoms with Crippen molar-refractivity contribution in [1.82, 2.24) is 5.32 Å². The molecule has 0 aliphatic carbocycles. The Bertz CT molecular complexity index is 1300. The zero-order chi connectivity index (χ0) is 24.3. The van der Waals surface area contributed by atoms with E-state index in [0.29, 0.717) is 13.6 Å². The maximum absolute atomic E-state index is 14.1. The third-order valence-corrected chi connectivity index (χ3v) is 7.57. The lowest BCUT2D eigenvalue weighted by atomic mass is 10.0. The molecule has 0 aromatic heterocycles. The predicted octanol–water partition coefficient (Wildman–Crippen LogP) is 6.21. The van der Waals surface area contributed by atoms with E-state index < -0.39 is 32.5 Å². The van der Waals surface area contributed by atoms with Gasteiger partial charge in [-0.3, -0.25) is 9.52 Å². The van der Waals surface area contributed by atoms with Gasteiger partial charge >= 0.3 is 0 Å². The highest BCUT2D eigenvalue weighted by molar-refractivity contribution is 14.1. The highest BCUT2D eigenvalue weighted by Gasteiger charge is 2.26. The minimum atomic E-state index is -4.64. The molecule has 11 heteroatoms. The van der Waals surface area contributed by atoms with Crippen LogP contribution < -0.4 is 10.0 Å². The molecule has 1 unspecified atom stereocenters. The zero-order valence-corrected chi connectivity index (χ0v) is 21.5. The molecule has 0 aliphatic heterocycles. The van der Waals surface area contributed by atoms with Crippen molar-refractivity contribution in [2.75, 3.05) is 11.3 Å². The maximum atomic E-state index is 14.1. The summed E-state index contributed by atoms with van der Waals surface area (Å²) in [6.07, 6.45) is 0. The lowest BCUT2D eigenvalue weighted by Crippen LogP contribution is -2.29. The third kappa shape index (κ3) is 6.14. The molecule has 0 aliphatic rings. The van der Waals surface area contributed by atoms with Crippen molar-refractivity contribution in [1.29, 1.82) is 0 Å². The van der Waals surface area contributed by atoms with Crippen LogP contribution in [0, 0.1) is 15.2 Å². The van der Waals surface area contributed by atoms with Gasteiger partial charge in [0.1, 0.15) is 11.6 Å². The number of sulfonamides is 1.